The van der Waals surface area contributed by atoms with Gasteiger partial charge in [-0.25, -0.2) is 0 Å². The molecule has 256 valence electrons. The van der Waals surface area contributed by atoms with Gasteiger partial charge < -0.3 is 9.13 Å². The van der Waals surface area contributed by atoms with E-state index in [4.69, 9.17) is 0 Å². The Labute approximate surface area is 321 Å². The second-order valence-corrected chi connectivity index (χ2v) is 15.6. The summed E-state index contributed by atoms with van der Waals surface area (Å²) in [4.78, 5) is 0. The summed E-state index contributed by atoms with van der Waals surface area (Å²) in [5.74, 6) is 0. The zero-order valence-electron chi connectivity index (χ0n) is 29.8. The number of thiophene rings is 1. The topological polar surface area (TPSA) is 9.86 Å². The lowest BCUT2D eigenvalue weighted by Crippen LogP contribution is -1.96. The number of benzene rings is 9. The van der Waals surface area contributed by atoms with Crippen LogP contribution in [0, 0.1) is 0 Å². The van der Waals surface area contributed by atoms with Crippen LogP contribution in [0.2, 0.25) is 0 Å². The molecule has 2 nitrogen and oxygen atoms in total. The third-order valence-corrected chi connectivity index (χ3v) is 12.7. The Morgan fingerprint density at radius 2 is 0.873 bits per heavy atom. The quantitative estimate of drug-likeness (QED) is 0.172. The average molecular weight is 717 g/mol. The predicted molar refractivity (Wildman–Crippen MR) is 236 cm³/mol. The summed E-state index contributed by atoms with van der Waals surface area (Å²) in [6.07, 6.45) is 0. The predicted octanol–water partition coefficient (Wildman–Crippen LogP) is 14.7. The molecule has 0 aliphatic heterocycles. The molecule has 0 aliphatic carbocycles. The van der Waals surface area contributed by atoms with Gasteiger partial charge in [-0.1, -0.05) is 127 Å². The first kappa shape index (κ1) is 30.5. The van der Waals surface area contributed by atoms with Crippen LogP contribution >= 0.6 is 11.3 Å². The zero-order chi connectivity index (χ0) is 36.0. The maximum atomic E-state index is 2.48. The van der Waals surface area contributed by atoms with E-state index in [1.807, 2.05) is 11.3 Å². The fourth-order valence-electron chi connectivity index (χ4n) is 9.05. The Morgan fingerprint density at radius 1 is 0.291 bits per heavy atom. The summed E-state index contributed by atoms with van der Waals surface area (Å²) in [6.45, 7) is 0. The summed E-state index contributed by atoms with van der Waals surface area (Å²) < 4.78 is 7.52. The van der Waals surface area contributed by atoms with Gasteiger partial charge in [-0.15, -0.1) is 11.3 Å². The van der Waals surface area contributed by atoms with E-state index < -0.39 is 0 Å². The summed E-state index contributed by atoms with van der Waals surface area (Å²) in [5, 5.41) is 10.2. The second-order valence-electron chi connectivity index (χ2n) is 14.5. The number of hydrogen-bond acceptors (Lipinski definition) is 1. The van der Waals surface area contributed by atoms with Crippen molar-refractivity contribution in [1.82, 2.24) is 9.13 Å². The van der Waals surface area contributed by atoms with Crippen LogP contribution in [0.15, 0.2) is 194 Å². The Bertz CT molecular complexity index is 3490. The van der Waals surface area contributed by atoms with E-state index in [0.29, 0.717) is 0 Å². The lowest BCUT2D eigenvalue weighted by Gasteiger charge is -2.15. The number of para-hydroxylation sites is 3. The van der Waals surface area contributed by atoms with Crippen LogP contribution in [-0.4, -0.2) is 9.13 Å². The van der Waals surface area contributed by atoms with Gasteiger partial charge >= 0.3 is 0 Å². The van der Waals surface area contributed by atoms with Crippen LogP contribution in [0.1, 0.15) is 0 Å². The van der Waals surface area contributed by atoms with Crippen LogP contribution < -0.4 is 0 Å². The molecule has 0 atom stereocenters. The Hall–Kier alpha value is -6.94. The van der Waals surface area contributed by atoms with E-state index >= 15 is 0 Å². The number of nitrogens with zero attached hydrogens (tertiary/aromatic N) is 2. The van der Waals surface area contributed by atoms with Gasteiger partial charge in [-0.3, -0.25) is 0 Å². The normalized spacial score (nSPS) is 12.0. The number of rotatable bonds is 4. The molecule has 0 amide bonds. The van der Waals surface area contributed by atoms with Crippen LogP contribution in [-0.2, 0) is 0 Å². The molecule has 0 aliphatic rings. The first-order chi connectivity index (χ1) is 27.3. The largest absolute Gasteiger partial charge is 0.309 e. The third-order valence-electron chi connectivity index (χ3n) is 11.5. The van der Waals surface area contributed by atoms with Gasteiger partial charge in [0, 0.05) is 52.8 Å². The highest BCUT2D eigenvalue weighted by Gasteiger charge is 2.18. The van der Waals surface area contributed by atoms with Crippen LogP contribution in [0.25, 0.3) is 108 Å². The molecule has 55 heavy (non-hydrogen) atoms. The van der Waals surface area contributed by atoms with Crippen molar-refractivity contribution in [3.05, 3.63) is 194 Å². The first-order valence-corrected chi connectivity index (χ1v) is 19.7. The Kier molecular flexibility index (Phi) is 6.54. The highest BCUT2D eigenvalue weighted by Crippen LogP contribution is 2.42. The Morgan fingerprint density at radius 3 is 1.75 bits per heavy atom. The lowest BCUT2D eigenvalue weighted by molar-refractivity contribution is 1.18. The second kappa shape index (κ2) is 11.8. The molecule has 0 radical (unpaired) electrons. The van der Waals surface area contributed by atoms with Gasteiger partial charge in [0.15, 0.2) is 0 Å². The van der Waals surface area contributed by atoms with E-state index in [-0.39, 0.29) is 0 Å². The molecule has 9 aromatic carbocycles. The van der Waals surface area contributed by atoms with E-state index in [1.165, 1.54) is 108 Å². The summed E-state index contributed by atoms with van der Waals surface area (Å²) in [6, 6.07) is 71.5. The molecule has 3 heterocycles. The van der Waals surface area contributed by atoms with Gasteiger partial charge in [-0.05, 0) is 94.4 Å². The van der Waals surface area contributed by atoms with Crippen molar-refractivity contribution in [2.75, 3.05) is 0 Å². The molecule has 0 saturated carbocycles. The molecule has 0 unspecified atom stereocenters. The summed E-state index contributed by atoms with van der Waals surface area (Å²) >= 11 is 1.87. The molecule has 0 saturated heterocycles. The van der Waals surface area contributed by atoms with Crippen LogP contribution in [0.5, 0.6) is 0 Å². The van der Waals surface area contributed by atoms with Gasteiger partial charge in [0.1, 0.15) is 0 Å². The zero-order valence-corrected chi connectivity index (χ0v) is 30.6. The molecule has 3 aromatic heterocycles. The third kappa shape index (κ3) is 4.54. The molecule has 12 aromatic rings. The molecule has 0 N–H and O–H groups in total. The first-order valence-electron chi connectivity index (χ1n) is 18.8. The minimum absolute atomic E-state index is 1.17. The molecular formula is C52H32N2S. The molecule has 12 rings (SSSR count). The minimum atomic E-state index is 1.17. The van der Waals surface area contributed by atoms with Gasteiger partial charge in [0.2, 0.25) is 0 Å². The van der Waals surface area contributed by atoms with Crippen molar-refractivity contribution in [3.63, 3.8) is 0 Å². The van der Waals surface area contributed by atoms with Crippen LogP contribution in [0.3, 0.4) is 0 Å². The number of aromatic nitrogens is 2. The summed E-state index contributed by atoms with van der Waals surface area (Å²) in [7, 11) is 0. The van der Waals surface area contributed by atoms with Crippen molar-refractivity contribution in [2.45, 2.75) is 0 Å². The van der Waals surface area contributed by atoms with Crippen molar-refractivity contribution in [2.24, 2.45) is 0 Å². The number of fused-ring (bicyclic) bond motifs is 10. The van der Waals surface area contributed by atoms with Crippen molar-refractivity contribution in [3.8, 4) is 33.6 Å². The molecular weight excluding hydrogens is 685 g/mol. The smallest absolute Gasteiger partial charge is 0.0547 e. The van der Waals surface area contributed by atoms with E-state index in [2.05, 4.69) is 203 Å². The highest BCUT2D eigenvalue weighted by atomic mass is 32.1. The standard InChI is InChI=1S/C52H32N2S/c1-2-12-36(13-3-1)53-46-20-7-5-15-41(46)44-30-33(25-28-49(44)53)34-24-27-42-40-14-4-8-21-47(40)54(50(42)32-34)48-22-11-18-38-37(17-10-19-39(38)48)35-26-29-52-45(31-35)43-16-6-9-23-51(43)55-52/h1-32H. The average Bonchev–Trinajstić information content (AvgIpc) is 3.90. The van der Waals surface area contributed by atoms with Crippen molar-refractivity contribution < 1.29 is 0 Å². The molecule has 0 spiro atoms. The maximum absolute atomic E-state index is 2.48. The highest BCUT2D eigenvalue weighted by molar-refractivity contribution is 7.25. The SMILES string of the molecule is c1ccc(-n2c3ccccc3c3cc(-c4ccc5c6ccccc6n(-c6cccc7c(-c8ccc9sc%10ccccc%10c9c8)cccc67)c5c4)ccc32)cc1. The monoisotopic (exact) mass is 716 g/mol. The van der Waals surface area contributed by atoms with Gasteiger partial charge in [0.05, 0.1) is 27.8 Å². The fourth-order valence-corrected chi connectivity index (χ4v) is 10.1. The Balaban J connectivity index is 1.06. The van der Waals surface area contributed by atoms with Crippen LogP contribution in [0.4, 0.5) is 0 Å². The van der Waals surface area contributed by atoms with Crippen molar-refractivity contribution >= 4 is 85.9 Å². The molecule has 0 fully saturated rings. The fraction of sp³-hybridized carbons (Fsp3) is 0. The minimum Gasteiger partial charge on any atom is -0.309 e. The van der Waals surface area contributed by atoms with E-state index in [9.17, 15) is 0 Å². The van der Waals surface area contributed by atoms with Gasteiger partial charge in [-0.2, -0.15) is 0 Å². The van der Waals surface area contributed by atoms with E-state index in [0.717, 1.165) is 0 Å². The lowest BCUT2D eigenvalue weighted by atomic mass is 9.96. The summed E-state index contributed by atoms with van der Waals surface area (Å²) in [5.41, 5.74) is 12.1. The maximum Gasteiger partial charge on any atom is 0.0547 e. The molecule has 0 bridgehead atoms. The van der Waals surface area contributed by atoms with Crippen molar-refractivity contribution in [1.29, 1.82) is 0 Å². The molecule has 3 heteroatoms. The van der Waals surface area contributed by atoms with E-state index in [1.54, 1.807) is 0 Å². The van der Waals surface area contributed by atoms with Gasteiger partial charge in [0.25, 0.3) is 0 Å². The number of hydrogen-bond donors (Lipinski definition) is 0.